The third-order valence-electron chi connectivity index (χ3n) is 4.72. The predicted octanol–water partition coefficient (Wildman–Crippen LogP) is 1.81. The molecule has 1 aliphatic rings. The van der Waals surface area contributed by atoms with Gasteiger partial charge in [0, 0.05) is 19.3 Å². The molecule has 2 aromatic rings. The van der Waals surface area contributed by atoms with Crippen molar-refractivity contribution in [3.63, 3.8) is 0 Å². The van der Waals surface area contributed by atoms with Crippen molar-refractivity contribution in [2.75, 3.05) is 18.0 Å². The predicted molar refractivity (Wildman–Crippen MR) is 93.1 cm³/mol. The summed E-state index contributed by atoms with van der Waals surface area (Å²) in [6.07, 6.45) is -4.86. The van der Waals surface area contributed by atoms with Gasteiger partial charge in [-0.2, -0.15) is 22.0 Å². The highest BCUT2D eigenvalue weighted by Crippen LogP contribution is 2.38. The van der Waals surface area contributed by atoms with Crippen LogP contribution in [0.5, 0.6) is 0 Å². The van der Waals surface area contributed by atoms with E-state index in [4.69, 9.17) is 0 Å². The molecule has 3 N–H and O–H groups in total. The van der Waals surface area contributed by atoms with E-state index in [0.717, 1.165) is 6.20 Å². The highest BCUT2D eigenvalue weighted by molar-refractivity contribution is 5.97. The van der Waals surface area contributed by atoms with Crippen molar-refractivity contribution in [2.24, 2.45) is 0 Å². The Bertz CT molecular complexity index is 991. The van der Waals surface area contributed by atoms with Crippen LogP contribution < -0.4 is 15.6 Å². The minimum absolute atomic E-state index is 0.0311. The summed E-state index contributed by atoms with van der Waals surface area (Å²) >= 11 is 0. The number of nitrogens with zero attached hydrogens (tertiary/aromatic N) is 2. The first kappa shape index (κ1) is 21.0. The molecule has 0 saturated carbocycles. The summed E-state index contributed by atoms with van der Waals surface area (Å²) in [5, 5.41) is 11.1. The van der Waals surface area contributed by atoms with Gasteiger partial charge in [0.2, 0.25) is 5.43 Å². The van der Waals surface area contributed by atoms with Crippen LogP contribution in [0.25, 0.3) is 11.0 Å². The number of nitrogens with one attached hydrogen (secondary N) is 2. The number of fused-ring (bicyclic) bond motifs is 1. The molecule has 1 aliphatic heterocycles. The molecule has 3 rings (SSSR count). The number of hydrogen-bond acceptors (Lipinski definition) is 5. The van der Waals surface area contributed by atoms with Gasteiger partial charge in [0.25, 0.3) is 5.91 Å². The standard InChI is InChI=1S/C17H17F5N4O3/c1-8(16(18,19)17(20,21)22)24-15(29)11-6-23-14-10(13(11)28)2-3-12(25-14)26-5-4-9(27)7-26/h2-3,6,8-9,27H,4-5,7H2,1H3,(H,24,29)(H,23,25,28)/t8?,9-/m0/s1. The minimum Gasteiger partial charge on any atom is -0.391 e. The number of rotatable bonds is 4. The number of H-pyrrole nitrogens is 1. The number of aliphatic hydroxyl groups is 1. The number of β-amino-alcohol motifs (C(OH)–C–C–N with tert-alkyl or cyclic N) is 1. The van der Waals surface area contributed by atoms with Crippen molar-refractivity contribution in [3.05, 3.63) is 34.1 Å². The fourth-order valence-corrected chi connectivity index (χ4v) is 3.00. The van der Waals surface area contributed by atoms with E-state index in [9.17, 15) is 36.6 Å². The molecule has 2 aromatic heterocycles. The summed E-state index contributed by atoms with van der Waals surface area (Å²) in [4.78, 5) is 33.2. The number of aromatic amines is 1. The zero-order chi connectivity index (χ0) is 21.6. The average Bonchev–Trinajstić information content (AvgIpc) is 3.07. The largest absolute Gasteiger partial charge is 0.455 e. The van der Waals surface area contributed by atoms with Crippen molar-refractivity contribution in [1.82, 2.24) is 15.3 Å². The van der Waals surface area contributed by atoms with Crippen molar-refractivity contribution < 1.29 is 31.9 Å². The summed E-state index contributed by atoms with van der Waals surface area (Å²) in [6, 6.07) is 0.288. The van der Waals surface area contributed by atoms with Crippen LogP contribution in [0.1, 0.15) is 23.7 Å². The van der Waals surface area contributed by atoms with Crippen molar-refractivity contribution in [1.29, 1.82) is 0 Å². The molecule has 0 aromatic carbocycles. The highest BCUT2D eigenvalue weighted by atomic mass is 19.4. The molecule has 0 bridgehead atoms. The van der Waals surface area contributed by atoms with Crippen LogP contribution in [0, 0.1) is 0 Å². The molecule has 0 radical (unpaired) electrons. The lowest BCUT2D eigenvalue weighted by atomic mass is 10.1. The van der Waals surface area contributed by atoms with Crippen molar-refractivity contribution in [2.45, 2.75) is 37.6 Å². The molecule has 29 heavy (non-hydrogen) atoms. The van der Waals surface area contributed by atoms with E-state index in [-0.39, 0.29) is 11.0 Å². The van der Waals surface area contributed by atoms with Gasteiger partial charge in [-0.15, -0.1) is 0 Å². The van der Waals surface area contributed by atoms with E-state index in [0.29, 0.717) is 32.3 Å². The third-order valence-corrected chi connectivity index (χ3v) is 4.72. The van der Waals surface area contributed by atoms with Crippen molar-refractivity contribution >= 4 is 22.8 Å². The van der Waals surface area contributed by atoms with E-state index in [1.54, 1.807) is 4.90 Å². The summed E-state index contributed by atoms with van der Waals surface area (Å²) in [6.45, 7) is 1.43. The fraction of sp³-hybridized carbons (Fsp3) is 0.471. The fourth-order valence-electron chi connectivity index (χ4n) is 3.00. The van der Waals surface area contributed by atoms with Gasteiger partial charge in [-0.25, -0.2) is 4.98 Å². The Morgan fingerprint density at radius 2 is 2.03 bits per heavy atom. The average molecular weight is 420 g/mol. The monoisotopic (exact) mass is 420 g/mol. The number of anilines is 1. The quantitative estimate of drug-likeness (QED) is 0.656. The van der Waals surface area contributed by atoms with E-state index in [1.165, 1.54) is 17.4 Å². The maximum Gasteiger partial charge on any atom is 0.455 e. The summed E-state index contributed by atoms with van der Waals surface area (Å²) in [5.41, 5.74) is -1.37. The van der Waals surface area contributed by atoms with E-state index >= 15 is 0 Å². The van der Waals surface area contributed by atoms with Gasteiger partial charge >= 0.3 is 12.1 Å². The smallest absolute Gasteiger partial charge is 0.391 e. The van der Waals surface area contributed by atoms with Crippen LogP contribution >= 0.6 is 0 Å². The Kier molecular flexibility index (Phi) is 5.24. The lowest BCUT2D eigenvalue weighted by molar-refractivity contribution is -0.290. The van der Waals surface area contributed by atoms with Gasteiger partial charge in [0.05, 0.1) is 17.5 Å². The molecule has 158 valence electrons. The van der Waals surface area contributed by atoms with Gasteiger partial charge in [0.15, 0.2) is 0 Å². The number of aromatic nitrogens is 2. The minimum atomic E-state index is -5.85. The molecular formula is C17H17F5N4O3. The molecule has 1 unspecified atom stereocenters. The lowest BCUT2D eigenvalue weighted by Gasteiger charge is -2.26. The number of amides is 1. The third kappa shape index (κ3) is 3.88. The van der Waals surface area contributed by atoms with Crippen molar-refractivity contribution in [3.8, 4) is 0 Å². The molecule has 0 spiro atoms. The van der Waals surface area contributed by atoms with Gasteiger partial charge < -0.3 is 20.3 Å². The van der Waals surface area contributed by atoms with Crippen LogP contribution in [0.3, 0.4) is 0 Å². The first-order chi connectivity index (χ1) is 13.4. The van der Waals surface area contributed by atoms with Crippen LogP contribution in [0.15, 0.2) is 23.1 Å². The number of halogens is 5. The maximum absolute atomic E-state index is 13.3. The second kappa shape index (κ2) is 7.25. The number of pyridine rings is 2. The number of aliphatic hydroxyl groups excluding tert-OH is 1. The molecule has 3 heterocycles. The maximum atomic E-state index is 13.3. The Morgan fingerprint density at radius 3 is 2.62 bits per heavy atom. The molecule has 1 fully saturated rings. The van der Waals surface area contributed by atoms with Crippen LogP contribution in [-0.4, -0.2) is 58.3 Å². The van der Waals surface area contributed by atoms with E-state index in [1.807, 2.05) is 0 Å². The Hall–Kier alpha value is -2.76. The number of alkyl halides is 5. The zero-order valence-electron chi connectivity index (χ0n) is 15.1. The summed E-state index contributed by atoms with van der Waals surface area (Å²) in [5.74, 6) is -6.04. The molecule has 7 nitrogen and oxygen atoms in total. The molecule has 1 amide bonds. The second-order valence-electron chi connectivity index (χ2n) is 6.80. The summed E-state index contributed by atoms with van der Waals surface area (Å²) in [7, 11) is 0. The summed E-state index contributed by atoms with van der Waals surface area (Å²) < 4.78 is 63.9. The Labute approximate surface area is 160 Å². The topological polar surface area (TPSA) is 98.3 Å². The Balaban J connectivity index is 1.86. The van der Waals surface area contributed by atoms with Crippen LogP contribution in [-0.2, 0) is 0 Å². The molecule has 0 aliphatic carbocycles. The normalized spacial score (nSPS) is 18.9. The highest BCUT2D eigenvalue weighted by Gasteiger charge is 2.61. The lowest BCUT2D eigenvalue weighted by Crippen LogP contribution is -2.54. The van der Waals surface area contributed by atoms with Gasteiger partial charge in [-0.3, -0.25) is 9.59 Å². The molecule has 12 heteroatoms. The van der Waals surface area contributed by atoms with E-state index in [2.05, 4.69) is 9.97 Å². The van der Waals surface area contributed by atoms with Gasteiger partial charge in [-0.1, -0.05) is 0 Å². The Morgan fingerprint density at radius 1 is 1.34 bits per heavy atom. The number of carbonyl (C=O) groups is 1. The van der Waals surface area contributed by atoms with E-state index < -0.39 is 41.1 Å². The zero-order valence-corrected chi connectivity index (χ0v) is 15.1. The molecular weight excluding hydrogens is 403 g/mol. The van der Waals surface area contributed by atoms with Gasteiger partial charge in [-0.05, 0) is 25.5 Å². The van der Waals surface area contributed by atoms with Gasteiger partial charge in [0.1, 0.15) is 17.0 Å². The van der Waals surface area contributed by atoms with Crippen LogP contribution in [0.2, 0.25) is 0 Å². The first-order valence-electron chi connectivity index (χ1n) is 8.62. The molecule has 2 atom stereocenters. The number of carbonyl (C=O) groups excluding carboxylic acids is 1. The second-order valence-corrected chi connectivity index (χ2v) is 6.80. The first-order valence-corrected chi connectivity index (χ1v) is 8.62. The number of hydrogen-bond donors (Lipinski definition) is 3. The SMILES string of the molecule is CC(NC(=O)c1c[nH]c2nc(N3CC[C@H](O)C3)ccc2c1=O)C(F)(F)C(F)(F)F. The van der Waals surface area contributed by atoms with Crippen LogP contribution in [0.4, 0.5) is 27.8 Å². The molecule has 1 saturated heterocycles.